The standard InChI is InChI=1S/C26H36N2O3S/c1-20-12-13-23(26(2,3)4)19-24(20)32(30,31)28-17-14-22(15-18-28)25(29)27-16-8-11-21-9-6-5-7-10-21/h5-7,9-10,12-13,19,22H,8,11,14-18H2,1-4H3,(H,27,29). The molecule has 1 fully saturated rings. The van der Waals surface area contributed by atoms with Crippen molar-refractivity contribution in [3.05, 3.63) is 65.2 Å². The molecule has 0 spiro atoms. The first-order chi connectivity index (χ1) is 15.1. The Bertz CT molecular complexity index is 1020. The Morgan fingerprint density at radius 3 is 2.34 bits per heavy atom. The van der Waals surface area contributed by atoms with Crippen LogP contribution in [0.5, 0.6) is 0 Å². The summed E-state index contributed by atoms with van der Waals surface area (Å²) in [6, 6.07) is 15.9. The molecule has 0 radical (unpaired) electrons. The number of nitrogens with one attached hydrogen (secondary N) is 1. The predicted octanol–water partition coefficient (Wildman–Crippen LogP) is 4.44. The highest BCUT2D eigenvalue weighted by Crippen LogP contribution is 2.30. The van der Waals surface area contributed by atoms with Gasteiger partial charge in [-0.05, 0) is 60.8 Å². The Labute approximate surface area is 193 Å². The molecule has 32 heavy (non-hydrogen) atoms. The molecule has 3 rings (SSSR count). The van der Waals surface area contributed by atoms with Gasteiger partial charge in [0.2, 0.25) is 15.9 Å². The summed E-state index contributed by atoms with van der Waals surface area (Å²) in [5, 5.41) is 3.03. The molecule has 174 valence electrons. The zero-order valence-corrected chi connectivity index (χ0v) is 20.5. The van der Waals surface area contributed by atoms with Crippen molar-refractivity contribution in [2.24, 2.45) is 5.92 Å². The van der Waals surface area contributed by atoms with E-state index in [1.807, 2.05) is 43.3 Å². The Morgan fingerprint density at radius 1 is 1.06 bits per heavy atom. The highest BCUT2D eigenvalue weighted by molar-refractivity contribution is 7.89. The summed E-state index contributed by atoms with van der Waals surface area (Å²) in [4.78, 5) is 12.9. The number of aryl methyl sites for hydroxylation is 2. The van der Waals surface area contributed by atoms with Gasteiger partial charge in [0.15, 0.2) is 0 Å². The third-order valence-corrected chi connectivity index (χ3v) is 8.32. The lowest BCUT2D eigenvalue weighted by Crippen LogP contribution is -2.43. The molecule has 2 aromatic carbocycles. The number of carbonyl (C=O) groups is 1. The van der Waals surface area contributed by atoms with Crippen molar-refractivity contribution in [2.75, 3.05) is 19.6 Å². The second-order valence-electron chi connectivity index (χ2n) is 9.79. The highest BCUT2D eigenvalue weighted by atomic mass is 32.2. The summed E-state index contributed by atoms with van der Waals surface area (Å²) in [5.74, 6) is -0.0822. The summed E-state index contributed by atoms with van der Waals surface area (Å²) in [5.41, 5.74) is 2.91. The SMILES string of the molecule is Cc1ccc(C(C)(C)C)cc1S(=O)(=O)N1CCC(C(=O)NCCCc2ccccc2)CC1. The first kappa shape index (κ1) is 24.5. The fourth-order valence-corrected chi connectivity index (χ4v) is 5.86. The Kier molecular flexibility index (Phi) is 7.78. The van der Waals surface area contributed by atoms with Gasteiger partial charge in [-0.2, -0.15) is 4.31 Å². The number of piperidine rings is 1. The van der Waals surface area contributed by atoms with Gasteiger partial charge in [0.25, 0.3) is 0 Å². The average Bonchev–Trinajstić information content (AvgIpc) is 2.76. The fourth-order valence-electron chi connectivity index (χ4n) is 4.14. The molecule has 1 saturated heterocycles. The number of hydrogen-bond donors (Lipinski definition) is 1. The molecule has 0 unspecified atom stereocenters. The van der Waals surface area contributed by atoms with Gasteiger partial charge in [-0.3, -0.25) is 4.79 Å². The van der Waals surface area contributed by atoms with Crippen LogP contribution in [0.15, 0.2) is 53.4 Å². The Balaban J connectivity index is 1.54. The highest BCUT2D eigenvalue weighted by Gasteiger charge is 2.33. The van der Waals surface area contributed by atoms with Gasteiger partial charge in [-0.25, -0.2) is 8.42 Å². The largest absolute Gasteiger partial charge is 0.356 e. The molecule has 0 saturated carbocycles. The third kappa shape index (κ3) is 5.99. The van der Waals surface area contributed by atoms with Crippen molar-refractivity contribution in [3.8, 4) is 0 Å². The summed E-state index contributed by atoms with van der Waals surface area (Å²) in [6.45, 7) is 9.49. The van der Waals surface area contributed by atoms with E-state index in [0.717, 1.165) is 24.0 Å². The minimum atomic E-state index is -3.57. The Morgan fingerprint density at radius 2 is 1.72 bits per heavy atom. The molecule has 1 N–H and O–H groups in total. The second-order valence-corrected chi connectivity index (χ2v) is 11.7. The van der Waals surface area contributed by atoms with E-state index < -0.39 is 10.0 Å². The minimum absolute atomic E-state index is 0.0426. The van der Waals surface area contributed by atoms with E-state index in [4.69, 9.17) is 0 Å². The van der Waals surface area contributed by atoms with E-state index in [2.05, 4.69) is 38.2 Å². The van der Waals surface area contributed by atoms with E-state index in [9.17, 15) is 13.2 Å². The first-order valence-corrected chi connectivity index (χ1v) is 13.0. The van der Waals surface area contributed by atoms with Crippen LogP contribution >= 0.6 is 0 Å². The molecule has 0 aliphatic carbocycles. The first-order valence-electron chi connectivity index (χ1n) is 11.5. The topological polar surface area (TPSA) is 66.5 Å². The van der Waals surface area contributed by atoms with Crippen molar-refractivity contribution >= 4 is 15.9 Å². The van der Waals surface area contributed by atoms with Gasteiger partial charge in [0, 0.05) is 25.6 Å². The van der Waals surface area contributed by atoms with Gasteiger partial charge in [0.1, 0.15) is 0 Å². The monoisotopic (exact) mass is 456 g/mol. The summed E-state index contributed by atoms with van der Waals surface area (Å²) in [6.07, 6.45) is 2.95. The molecule has 0 atom stereocenters. The van der Waals surface area contributed by atoms with Crippen LogP contribution in [0.25, 0.3) is 0 Å². The minimum Gasteiger partial charge on any atom is -0.356 e. The van der Waals surface area contributed by atoms with Gasteiger partial charge in [-0.15, -0.1) is 0 Å². The van der Waals surface area contributed by atoms with Gasteiger partial charge >= 0.3 is 0 Å². The number of nitrogens with zero attached hydrogens (tertiary/aromatic N) is 1. The summed E-state index contributed by atoms with van der Waals surface area (Å²) < 4.78 is 28.2. The molecule has 2 aromatic rings. The van der Waals surface area contributed by atoms with Crippen molar-refractivity contribution in [3.63, 3.8) is 0 Å². The lowest BCUT2D eigenvalue weighted by molar-refractivity contribution is -0.126. The number of rotatable bonds is 7. The van der Waals surface area contributed by atoms with Crippen LogP contribution in [-0.4, -0.2) is 38.3 Å². The van der Waals surface area contributed by atoms with Crippen molar-refractivity contribution in [1.82, 2.24) is 9.62 Å². The van der Waals surface area contributed by atoms with Crippen LogP contribution in [0.2, 0.25) is 0 Å². The fraction of sp³-hybridized carbons (Fsp3) is 0.500. The Hall–Kier alpha value is -2.18. The molecule has 1 aliphatic rings. The van der Waals surface area contributed by atoms with Crippen molar-refractivity contribution in [2.45, 2.75) is 63.7 Å². The van der Waals surface area contributed by atoms with Crippen molar-refractivity contribution in [1.29, 1.82) is 0 Å². The maximum atomic E-state index is 13.3. The molecule has 1 aliphatic heterocycles. The molecule has 0 bridgehead atoms. The molecule has 1 amide bonds. The van der Waals surface area contributed by atoms with E-state index in [0.29, 0.717) is 37.4 Å². The van der Waals surface area contributed by atoms with E-state index in [1.54, 1.807) is 4.31 Å². The van der Waals surface area contributed by atoms with Crippen LogP contribution in [0.1, 0.15) is 56.7 Å². The van der Waals surface area contributed by atoms with E-state index >= 15 is 0 Å². The molecule has 6 heteroatoms. The van der Waals surface area contributed by atoms with E-state index in [1.165, 1.54) is 5.56 Å². The number of sulfonamides is 1. The molecule has 5 nitrogen and oxygen atoms in total. The molecule has 1 heterocycles. The van der Waals surface area contributed by atoms with Crippen molar-refractivity contribution < 1.29 is 13.2 Å². The van der Waals surface area contributed by atoms with Crippen LogP contribution < -0.4 is 5.32 Å². The molecule has 0 aromatic heterocycles. The number of hydrogen-bond acceptors (Lipinski definition) is 3. The van der Waals surface area contributed by atoms with Crippen LogP contribution in [0.3, 0.4) is 0 Å². The predicted molar refractivity (Wildman–Crippen MR) is 129 cm³/mol. The molecular weight excluding hydrogens is 420 g/mol. The quantitative estimate of drug-likeness (QED) is 0.626. The lowest BCUT2D eigenvalue weighted by Gasteiger charge is -2.31. The van der Waals surface area contributed by atoms with Crippen LogP contribution in [-0.2, 0) is 26.7 Å². The number of amides is 1. The van der Waals surface area contributed by atoms with E-state index in [-0.39, 0.29) is 17.2 Å². The maximum absolute atomic E-state index is 13.3. The number of carbonyl (C=O) groups excluding carboxylic acids is 1. The smallest absolute Gasteiger partial charge is 0.243 e. The zero-order valence-electron chi connectivity index (χ0n) is 19.7. The third-order valence-electron chi connectivity index (χ3n) is 6.28. The number of benzene rings is 2. The van der Waals surface area contributed by atoms with Gasteiger partial charge in [-0.1, -0.05) is 63.2 Å². The average molecular weight is 457 g/mol. The summed E-state index contributed by atoms with van der Waals surface area (Å²) in [7, 11) is -3.57. The summed E-state index contributed by atoms with van der Waals surface area (Å²) >= 11 is 0. The second kappa shape index (κ2) is 10.2. The molecular formula is C26H36N2O3S. The normalized spacial score (nSPS) is 16.1. The van der Waals surface area contributed by atoms with Gasteiger partial charge in [0.05, 0.1) is 4.90 Å². The van der Waals surface area contributed by atoms with Gasteiger partial charge < -0.3 is 5.32 Å². The zero-order chi connectivity index (χ0) is 23.4. The lowest BCUT2D eigenvalue weighted by atomic mass is 9.87. The van der Waals surface area contributed by atoms with Crippen LogP contribution in [0, 0.1) is 12.8 Å². The maximum Gasteiger partial charge on any atom is 0.243 e. The van der Waals surface area contributed by atoms with Crippen LogP contribution in [0.4, 0.5) is 0 Å².